The van der Waals surface area contributed by atoms with E-state index in [4.69, 9.17) is 14.9 Å². The van der Waals surface area contributed by atoms with Gasteiger partial charge in [-0.3, -0.25) is 0 Å². The molecule has 1 atom stereocenters. The minimum Gasteiger partial charge on any atom is -0.494 e. The van der Waals surface area contributed by atoms with Crippen LogP contribution < -0.4 is 10.1 Å². The molecule has 0 aliphatic heterocycles. The highest BCUT2D eigenvalue weighted by molar-refractivity contribution is 5.29. The molecule has 3 N–H and O–H groups in total. The van der Waals surface area contributed by atoms with E-state index in [0.717, 1.165) is 5.56 Å². The number of ether oxygens (including phenoxy) is 1. The van der Waals surface area contributed by atoms with Crippen molar-refractivity contribution in [2.45, 2.75) is 19.0 Å². The van der Waals surface area contributed by atoms with E-state index in [1.165, 1.54) is 13.2 Å². The Morgan fingerprint density at radius 3 is 2.71 bits per heavy atom. The largest absolute Gasteiger partial charge is 0.494 e. The van der Waals surface area contributed by atoms with Crippen LogP contribution in [-0.2, 0) is 6.54 Å². The van der Waals surface area contributed by atoms with Gasteiger partial charge >= 0.3 is 0 Å². The zero-order valence-corrected chi connectivity index (χ0v) is 9.82. The van der Waals surface area contributed by atoms with Crippen molar-refractivity contribution in [2.24, 2.45) is 0 Å². The van der Waals surface area contributed by atoms with Crippen molar-refractivity contribution in [1.29, 1.82) is 0 Å². The van der Waals surface area contributed by atoms with Gasteiger partial charge < -0.3 is 20.3 Å². The Hall–Kier alpha value is -1.17. The van der Waals surface area contributed by atoms with Crippen molar-refractivity contribution in [1.82, 2.24) is 5.32 Å². The van der Waals surface area contributed by atoms with Gasteiger partial charge in [0.05, 0.1) is 13.7 Å². The minimum absolute atomic E-state index is 0.00913. The highest BCUT2D eigenvalue weighted by Crippen LogP contribution is 2.17. The van der Waals surface area contributed by atoms with Crippen molar-refractivity contribution in [2.75, 3.05) is 20.3 Å². The van der Waals surface area contributed by atoms with Crippen LogP contribution >= 0.6 is 0 Å². The number of nitrogens with one attached hydrogen (secondary N) is 1. The summed E-state index contributed by atoms with van der Waals surface area (Å²) in [7, 11) is 1.42. The number of aliphatic hydroxyl groups is 2. The molecule has 1 unspecified atom stereocenters. The van der Waals surface area contributed by atoms with Gasteiger partial charge in [-0.1, -0.05) is 6.07 Å². The van der Waals surface area contributed by atoms with Crippen LogP contribution in [0.1, 0.15) is 12.0 Å². The van der Waals surface area contributed by atoms with Gasteiger partial charge in [-0.2, -0.15) is 0 Å². The van der Waals surface area contributed by atoms with E-state index in [2.05, 4.69) is 5.32 Å². The molecule has 0 radical (unpaired) electrons. The number of rotatable bonds is 7. The highest BCUT2D eigenvalue weighted by Gasteiger charge is 2.07. The van der Waals surface area contributed by atoms with E-state index in [9.17, 15) is 4.39 Å². The van der Waals surface area contributed by atoms with Gasteiger partial charge in [0, 0.05) is 19.2 Å². The van der Waals surface area contributed by atoms with E-state index in [1.807, 2.05) is 0 Å². The fourth-order valence-electron chi connectivity index (χ4n) is 1.50. The van der Waals surface area contributed by atoms with Gasteiger partial charge in [0.1, 0.15) is 0 Å². The highest BCUT2D eigenvalue weighted by atomic mass is 19.1. The number of halogens is 1. The molecule has 0 aromatic heterocycles. The lowest BCUT2D eigenvalue weighted by Crippen LogP contribution is -2.32. The predicted molar refractivity (Wildman–Crippen MR) is 62.4 cm³/mol. The first-order chi connectivity index (χ1) is 8.21. The van der Waals surface area contributed by atoms with E-state index < -0.39 is 5.82 Å². The Labute approximate surface area is 100 Å². The molecular formula is C12H18FNO3. The molecule has 0 heterocycles. The third kappa shape index (κ3) is 4.30. The van der Waals surface area contributed by atoms with Crippen molar-refractivity contribution in [3.63, 3.8) is 0 Å². The minimum atomic E-state index is -0.408. The molecule has 96 valence electrons. The van der Waals surface area contributed by atoms with Crippen LogP contribution in [0.25, 0.3) is 0 Å². The predicted octanol–water partition coefficient (Wildman–Crippen LogP) is 0.667. The molecule has 1 aromatic rings. The first-order valence-corrected chi connectivity index (χ1v) is 5.48. The summed E-state index contributed by atoms with van der Waals surface area (Å²) in [5, 5.41) is 20.8. The first kappa shape index (κ1) is 13.9. The number of methoxy groups -OCH3 is 1. The van der Waals surface area contributed by atoms with Crippen molar-refractivity contribution >= 4 is 0 Å². The molecular weight excluding hydrogens is 225 g/mol. The number of hydrogen-bond acceptors (Lipinski definition) is 4. The second kappa shape index (κ2) is 7.21. The zero-order valence-electron chi connectivity index (χ0n) is 9.82. The molecule has 1 rings (SSSR count). The smallest absolute Gasteiger partial charge is 0.165 e. The quantitative estimate of drug-likeness (QED) is 0.658. The third-order valence-electron chi connectivity index (χ3n) is 2.51. The average molecular weight is 243 g/mol. The van der Waals surface area contributed by atoms with Crippen LogP contribution in [0.5, 0.6) is 5.75 Å². The van der Waals surface area contributed by atoms with Crippen LogP contribution in [0.2, 0.25) is 0 Å². The van der Waals surface area contributed by atoms with E-state index in [1.54, 1.807) is 12.1 Å². The Morgan fingerprint density at radius 1 is 1.41 bits per heavy atom. The molecule has 17 heavy (non-hydrogen) atoms. The maximum Gasteiger partial charge on any atom is 0.165 e. The Bertz CT molecular complexity index is 347. The second-order valence-corrected chi connectivity index (χ2v) is 3.74. The summed E-state index contributed by atoms with van der Waals surface area (Å²) in [6.45, 7) is 0.389. The van der Waals surface area contributed by atoms with Gasteiger partial charge in [-0.05, 0) is 24.1 Å². The third-order valence-corrected chi connectivity index (χ3v) is 2.51. The summed E-state index contributed by atoms with van der Waals surface area (Å²) in [5.41, 5.74) is 0.764. The summed E-state index contributed by atoms with van der Waals surface area (Å²) < 4.78 is 18.2. The molecule has 1 aromatic carbocycles. The van der Waals surface area contributed by atoms with E-state index in [0.29, 0.717) is 13.0 Å². The molecule has 0 fully saturated rings. The molecule has 0 saturated carbocycles. The normalized spacial score (nSPS) is 12.5. The number of aliphatic hydroxyl groups excluding tert-OH is 2. The standard InChI is InChI=1S/C12H18FNO3/c1-17-12-3-2-9(6-11(12)13)7-14-10(8-16)4-5-15/h2-3,6,10,14-16H,4-5,7-8H2,1H3. The number of hydrogen-bond donors (Lipinski definition) is 3. The second-order valence-electron chi connectivity index (χ2n) is 3.74. The molecule has 0 spiro atoms. The summed E-state index contributed by atoms with van der Waals surface area (Å²) in [6, 6.07) is 4.53. The monoisotopic (exact) mass is 243 g/mol. The molecule has 0 aliphatic rings. The maximum absolute atomic E-state index is 13.4. The van der Waals surface area contributed by atoms with E-state index >= 15 is 0 Å². The summed E-state index contributed by atoms with van der Waals surface area (Å²) in [5.74, 6) is -0.197. The molecule has 5 heteroatoms. The van der Waals surface area contributed by atoms with Gasteiger partial charge in [0.25, 0.3) is 0 Å². The molecule has 0 amide bonds. The Morgan fingerprint density at radius 2 is 2.18 bits per heavy atom. The SMILES string of the molecule is COc1ccc(CNC(CO)CCO)cc1F. The number of benzene rings is 1. The summed E-state index contributed by atoms with van der Waals surface area (Å²) in [6.07, 6.45) is 0.467. The first-order valence-electron chi connectivity index (χ1n) is 5.48. The van der Waals surface area contributed by atoms with Gasteiger partial charge in [-0.25, -0.2) is 4.39 Å². The fourth-order valence-corrected chi connectivity index (χ4v) is 1.50. The fraction of sp³-hybridized carbons (Fsp3) is 0.500. The lowest BCUT2D eigenvalue weighted by Gasteiger charge is -2.15. The van der Waals surface area contributed by atoms with Crippen LogP contribution in [0, 0.1) is 5.82 Å². The van der Waals surface area contributed by atoms with Gasteiger partial charge in [0.15, 0.2) is 11.6 Å². The van der Waals surface area contributed by atoms with Crippen LogP contribution in [-0.4, -0.2) is 36.6 Å². The van der Waals surface area contributed by atoms with Crippen molar-refractivity contribution in [3.8, 4) is 5.75 Å². The molecule has 0 bridgehead atoms. The topological polar surface area (TPSA) is 61.7 Å². The van der Waals surface area contributed by atoms with Crippen LogP contribution in [0.15, 0.2) is 18.2 Å². The van der Waals surface area contributed by atoms with Gasteiger partial charge in [0.2, 0.25) is 0 Å². The maximum atomic E-state index is 13.4. The molecule has 0 aliphatic carbocycles. The average Bonchev–Trinajstić information content (AvgIpc) is 2.34. The molecule has 4 nitrogen and oxygen atoms in total. The van der Waals surface area contributed by atoms with E-state index in [-0.39, 0.29) is 25.0 Å². The Kier molecular flexibility index (Phi) is 5.90. The van der Waals surface area contributed by atoms with Gasteiger partial charge in [-0.15, -0.1) is 0 Å². The van der Waals surface area contributed by atoms with Crippen molar-refractivity contribution < 1.29 is 19.3 Å². The summed E-state index contributed by atoms with van der Waals surface area (Å²) in [4.78, 5) is 0. The molecule has 0 saturated heterocycles. The lowest BCUT2D eigenvalue weighted by molar-refractivity contribution is 0.200. The zero-order chi connectivity index (χ0) is 12.7. The summed E-state index contributed by atoms with van der Waals surface area (Å²) >= 11 is 0. The van der Waals surface area contributed by atoms with Crippen LogP contribution in [0.3, 0.4) is 0 Å². The van der Waals surface area contributed by atoms with Crippen LogP contribution in [0.4, 0.5) is 4.39 Å². The van der Waals surface area contributed by atoms with Crippen molar-refractivity contribution in [3.05, 3.63) is 29.6 Å². The Balaban J connectivity index is 2.54. The lowest BCUT2D eigenvalue weighted by atomic mass is 10.1.